The lowest BCUT2D eigenvalue weighted by Crippen LogP contribution is -2.29. The number of benzene rings is 3. The summed E-state index contributed by atoms with van der Waals surface area (Å²) in [6.45, 7) is 0. The second kappa shape index (κ2) is 9.23. The summed E-state index contributed by atoms with van der Waals surface area (Å²) in [5.74, 6) is 0.171. The minimum atomic E-state index is -3.88. The third-order valence-corrected chi connectivity index (χ3v) is 8.18. The van der Waals surface area contributed by atoms with E-state index in [-0.39, 0.29) is 28.3 Å². The van der Waals surface area contributed by atoms with Gasteiger partial charge in [-0.25, -0.2) is 13.2 Å². The largest absolute Gasteiger partial charge is 0.497 e. The Morgan fingerprint density at radius 2 is 1.81 bits per heavy atom. The highest BCUT2D eigenvalue weighted by molar-refractivity contribution is 7.92. The van der Waals surface area contributed by atoms with Crippen LogP contribution >= 0.6 is 0 Å². The molecule has 3 aromatic rings. The van der Waals surface area contributed by atoms with Gasteiger partial charge in [-0.2, -0.15) is 0 Å². The molecule has 0 spiro atoms. The summed E-state index contributed by atoms with van der Waals surface area (Å²) in [5.41, 5.74) is 3.33. The van der Waals surface area contributed by atoms with Gasteiger partial charge in [-0.3, -0.25) is 4.72 Å². The van der Waals surface area contributed by atoms with Crippen LogP contribution in [0.2, 0.25) is 0 Å². The summed E-state index contributed by atoms with van der Waals surface area (Å²) < 4.78 is 39.7. The quantitative estimate of drug-likeness (QED) is 0.385. The minimum Gasteiger partial charge on any atom is -0.497 e. The first-order valence-corrected chi connectivity index (χ1v) is 12.9. The number of anilines is 2. The van der Waals surface area contributed by atoms with Crippen LogP contribution in [0.3, 0.4) is 0 Å². The van der Waals surface area contributed by atoms with Gasteiger partial charge >= 0.3 is 5.97 Å². The van der Waals surface area contributed by atoms with E-state index in [0.717, 1.165) is 23.2 Å². The average Bonchev–Trinajstić information content (AvgIpc) is 3.38. The van der Waals surface area contributed by atoms with E-state index in [1.807, 2.05) is 12.1 Å². The molecule has 0 amide bonds. The van der Waals surface area contributed by atoms with Gasteiger partial charge in [0, 0.05) is 17.7 Å². The average molecular weight is 507 g/mol. The molecule has 3 N–H and O–H groups in total. The predicted molar refractivity (Wildman–Crippen MR) is 137 cm³/mol. The van der Waals surface area contributed by atoms with Crippen LogP contribution in [0.4, 0.5) is 11.4 Å². The number of hydrogen-bond acceptors (Lipinski definition) is 6. The van der Waals surface area contributed by atoms with Crippen molar-refractivity contribution in [2.75, 3.05) is 24.3 Å². The number of nitrogens with one attached hydrogen (secondary N) is 2. The fraction of sp³-hybridized carbons (Fsp3) is 0.222. The van der Waals surface area contributed by atoms with Gasteiger partial charge in [-0.15, -0.1) is 0 Å². The number of carboxylic acids is 1. The van der Waals surface area contributed by atoms with Crippen LogP contribution < -0.4 is 19.5 Å². The number of methoxy groups -OCH3 is 2. The molecule has 3 atom stereocenters. The van der Waals surface area contributed by atoms with Crippen molar-refractivity contribution in [3.05, 3.63) is 89.5 Å². The number of carboxylic acid groups (broad SMARTS) is 1. The molecule has 1 heterocycles. The second-order valence-electron chi connectivity index (χ2n) is 8.82. The topological polar surface area (TPSA) is 114 Å². The van der Waals surface area contributed by atoms with Gasteiger partial charge in [0.05, 0.1) is 36.4 Å². The summed E-state index contributed by atoms with van der Waals surface area (Å²) in [6.07, 6.45) is 5.08. The van der Waals surface area contributed by atoms with Crippen molar-refractivity contribution in [1.29, 1.82) is 0 Å². The summed E-state index contributed by atoms with van der Waals surface area (Å²) >= 11 is 0. The maximum atomic E-state index is 13.3. The van der Waals surface area contributed by atoms with E-state index in [1.54, 1.807) is 48.5 Å². The highest BCUT2D eigenvalue weighted by Crippen LogP contribution is 2.50. The molecule has 0 saturated carbocycles. The zero-order chi connectivity index (χ0) is 25.4. The summed E-state index contributed by atoms with van der Waals surface area (Å²) in [6, 6.07) is 16.8. The molecule has 0 unspecified atom stereocenters. The van der Waals surface area contributed by atoms with Crippen LogP contribution in [0, 0.1) is 5.92 Å². The molecule has 186 valence electrons. The zero-order valence-electron chi connectivity index (χ0n) is 19.8. The van der Waals surface area contributed by atoms with Gasteiger partial charge in [0.15, 0.2) is 0 Å². The van der Waals surface area contributed by atoms with Crippen LogP contribution in [-0.2, 0) is 10.0 Å². The molecule has 1 aliphatic carbocycles. The first-order chi connectivity index (χ1) is 17.3. The van der Waals surface area contributed by atoms with Crippen LogP contribution in [0.15, 0.2) is 77.7 Å². The Kier molecular flexibility index (Phi) is 6.09. The lowest BCUT2D eigenvalue weighted by atomic mass is 9.77. The van der Waals surface area contributed by atoms with Gasteiger partial charge in [-0.1, -0.05) is 24.3 Å². The first kappa shape index (κ1) is 23.7. The molecule has 5 rings (SSSR count). The zero-order valence-corrected chi connectivity index (χ0v) is 20.6. The SMILES string of the molecule is COc1ccc(NS(=O)(=O)c2ccc3c(c2)[C@H]2C=CC[C@H]2[C@@H](c2ccc(C(=O)O)cc2)N3)c(OC)c1. The van der Waals surface area contributed by atoms with Crippen LogP contribution in [0.1, 0.15) is 39.9 Å². The Bertz CT molecular complexity index is 1450. The summed E-state index contributed by atoms with van der Waals surface area (Å²) in [4.78, 5) is 11.4. The summed E-state index contributed by atoms with van der Waals surface area (Å²) in [7, 11) is -0.889. The van der Waals surface area contributed by atoms with E-state index < -0.39 is 16.0 Å². The van der Waals surface area contributed by atoms with Gasteiger partial charge in [0.25, 0.3) is 10.0 Å². The molecule has 1 aliphatic heterocycles. The van der Waals surface area contributed by atoms with Crippen molar-refractivity contribution < 1.29 is 27.8 Å². The number of hydrogen-bond donors (Lipinski definition) is 3. The number of fused-ring (bicyclic) bond motifs is 3. The molecular formula is C27H26N2O6S. The van der Waals surface area contributed by atoms with Crippen molar-refractivity contribution in [3.63, 3.8) is 0 Å². The maximum absolute atomic E-state index is 13.3. The Balaban J connectivity index is 1.45. The van der Waals surface area contributed by atoms with Crippen molar-refractivity contribution in [3.8, 4) is 11.5 Å². The Morgan fingerprint density at radius 3 is 2.50 bits per heavy atom. The molecular weight excluding hydrogens is 480 g/mol. The Labute approximate surface area is 209 Å². The van der Waals surface area contributed by atoms with E-state index in [9.17, 15) is 18.3 Å². The molecule has 0 fully saturated rings. The fourth-order valence-electron chi connectivity index (χ4n) is 4.99. The van der Waals surface area contributed by atoms with Gasteiger partial charge in [-0.05, 0) is 65.9 Å². The standard InChI is InChI=1S/C27H26N2O6S/c1-34-18-10-12-24(25(14-18)35-2)29-36(32,33)19-11-13-23-22(15-19)20-4-3-5-21(20)26(28-23)16-6-8-17(9-7-16)27(30)31/h3-4,6-15,20-21,26,28-29H,5H2,1-2H3,(H,30,31)/t20-,21+,26+/m0/s1. The molecule has 0 saturated heterocycles. The van der Waals surface area contributed by atoms with Gasteiger partial charge < -0.3 is 19.9 Å². The molecule has 3 aromatic carbocycles. The smallest absolute Gasteiger partial charge is 0.335 e. The normalized spacial score (nSPS) is 20.1. The highest BCUT2D eigenvalue weighted by atomic mass is 32.2. The van der Waals surface area contributed by atoms with Crippen molar-refractivity contribution in [2.45, 2.75) is 23.3 Å². The second-order valence-corrected chi connectivity index (χ2v) is 10.5. The molecule has 0 radical (unpaired) electrons. The molecule has 8 nitrogen and oxygen atoms in total. The minimum absolute atomic E-state index is 0.0236. The number of carbonyl (C=O) groups is 1. The third kappa shape index (κ3) is 4.26. The Morgan fingerprint density at radius 1 is 1.03 bits per heavy atom. The monoisotopic (exact) mass is 506 g/mol. The van der Waals surface area contributed by atoms with E-state index in [0.29, 0.717) is 17.2 Å². The van der Waals surface area contributed by atoms with E-state index in [2.05, 4.69) is 22.2 Å². The van der Waals surface area contributed by atoms with Crippen molar-refractivity contribution in [2.24, 2.45) is 5.92 Å². The van der Waals surface area contributed by atoms with E-state index in [4.69, 9.17) is 9.47 Å². The number of allylic oxidation sites excluding steroid dienone is 2. The van der Waals surface area contributed by atoms with Gasteiger partial charge in [0.1, 0.15) is 11.5 Å². The summed E-state index contributed by atoms with van der Waals surface area (Å²) in [5, 5.41) is 12.8. The Hall–Kier alpha value is -3.98. The predicted octanol–water partition coefficient (Wildman–Crippen LogP) is 5.03. The van der Waals surface area contributed by atoms with Crippen molar-refractivity contribution in [1.82, 2.24) is 0 Å². The highest BCUT2D eigenvalue weighted by Gasteiger charge is 2.38. The lowest BCUT2D eigenvalue weighted by molar-refractivity contribution is 0.0697. The molecule has 9 heteroatoms. The number of aromatic carboxylic acids is 1. The maximum Gasteiger partial charge on any atom is 0.335 e. The molecule has 2 aliphatic rings. The van der Waals surface area contributed by atoms with E-state index in [1.165, 1.54) is 14.2 Å². The third-order valence-electron chi connectivity index (χ3n) is 6.81. The van der Waals surface area contributed by atoms with Crippen LogP contribution in [-0.4, -0.2) is 33.7 Å². The van der Waals surface area contributed by atoms with Crippen LogP contribution in [0.5, 0.6) is 11.5 Å². The molecule has 0 aromatic heterocycles. The van der Waals surface area contributed by atoms with Crippen molar-refractivity contribution >= 4 is 27.4 Å². The fourth-order valence-corrected chi connectivity index (χ4v) is 6.09. The first-order valence-electron chi connectivity index (χ1n) is 11.5. The molecule has 36 heavy (non-hydrogen) atoms. The van der Waals surface area contributed by atoms with Gasteiger partial charge in [0.2, 0.25) is 0 Å². The number of ether oxygens (including phenoxy) is 2. The van der Waals surface area contributed by atoms with E-state index >= 15 is 0 Å². The number of sulfonamides is 1. The lowest BCUT2D eigenvalue weighted by Gasteiger charge is -2.37. The number of rotatable bonds is 7. The van der Waals surface area contributed by atoms with Crippen LogP contribution in [0.25, 0.3) is 0 Å². The molecule has 0 bridgehead atoms.